The van der Waals surface area contributed by atoms with Gasteiger partial charge in [0, 0.05) is 5.57 Å². The van der Waals surface area contributed by atoms with Crippen LogP contribution in [0.3, 0.4) is 0 Å². The van der Waals surface area contributed by atoms with Crippen LogP contribution in [-0.2, 0) is 14.3 Å². The summed E-state index contributed by atoms with van der Waals surface area (Å²) in [7, 11) is 0. The third-order valence-corrected chi connectivity index (χ3v) is 1.86. The highest BCUT2D eigenvalue weighted by Crippen LogP contribution is 2.19. The summed E-state index contributed by atoms with van der Waals surface area (Å²) in [6.07, 6.45) is -1.72. The number of aliphatic hydroxyl groups is 2. The molecule has 0 aromatic heterocycles. The molecule has 0 fully saturated rings. The summed E-state index contributed by atoms with van der Waals surface area (Å²) in [6, 6.07) is 0. The molecule has 2 atom stereocenters. The van der Waals surface area contributed by atoms with Gasteiger partial charge in [-0.05, 0) is 13.0 Å². The second-order valence-electron chi connectivity index (χ2n) is 2.90. The maximum atomic E-state index is 11.0. The van der Waals surface area contributed by atoms with E-state index < -0.39 is 24.1 Å². The molecule has 5 heteroatoms. The first-order valence-electron chi connectivity index (χ1n) is 3.92. The topological polar surface area (TPSA) is 83.8 Å². The first kappa shape index (κ1) is 10.6. The zero-order valence-electron chi connectivity index (χ0n) is 7.56. The van der Waals surface area contributed by atoms with E-state index in [1.165, 1.54) is 6.92 Å². The summed E-state index contributed by atoms with van der Waals surface area (Å²) in [5.41, 5.74) is -0.264. The molecule has 1 heterocycles. The molecule has 0 bridgehead atoms. The molecule has 0 saturated heterocycles. The average molecular weight is 198 g/mol. The second-order valence-corrected chi connectivity index (χ2v) is 2.90. The summed E-state index contributed by atoms with van der Waals surface area (Å²) in [4.78, 5) is 21.8. The molecule has 1 aliphatic heterocycles. The van der Waals surface area contributed by atoms with Crippen molar-refractivity contribution in [3.8, 4) is 0 Å². The van der Waals surface area contributed by atoms with Crippen LogP contribution in [0.25, 0.3) is 0 Å². The molecular weight excluding hydrogens is 188 g/mol. The summed E-state index contributed by atoms with van der Waals surface area (Å²) < 4.78 is 4.34. The van der Waals surface area contributed by atoms with E-state index in [0.717, 1.165) is 6.08 Å². The average Bonchev–Trinajstić information content (AvgIpc) is 2.42. The Bertz CT molecular complexity index is 328. The van der Waals surface area contributed by atoms with E-state index >= 15 is 0 Å². The molecule has 1 aliphatic rings. The fraction of sp³-hybridized carbons (Fsp3) is 0.333. The Morgan fingerprint density at radius 3 is 2.64 bits per heavy atom. The van der Waals surface area contributed by atoms with Crippen molar-refractivity contribution in [2.45, 2.75) is 19.3 Å². The van der Waals surface area contributed by atoms with Crippen LogP contribution in [0.4, 0.5) is 0 Å². The fourth-order valence-electron chi connectivity index (χ4n) is 1.02. The monoisotopic (exact) mass is 198 g/mol. The molecule has 1 rings (SSSR count). The van der Waals surface area contributed by atoms with E-state index in [0.29, 0.717) is 0 Å². The van der Waals surface area contributed by atoms with Crippen molar-refractivity contribution in [3.63, 3.8) is 0 Å². The van der Waals surface area contributed by atoms with Gasteiger partial charge in [0.25, 0.3) is 0 Å². The Kier molecular flexibility index (Phi) is 2.83. The van der Waals surface area contributed by atoms with Crippen molar-refractivity contribution < 1.29 is 24.5 Å². The third-order valence-electron chi connectivity index (χ3n) is 1.86. The van der Waals surface area contributed by atoms with Gasteiger partial charge < -0.3 is 14.9 Å². The Labute approximate surface area is 80.3 Å². The van der Waals surface area contributed by atoms with E-state index in [9.17, 15) is 14.7 Å². The van der Waals surface area contributed by atoms with Gasteiger partial charge in [-0.1, -0.05) is 6.58 Å². The fourth-order valence-corrected chi connectivity index (χ4v) is 1.02. The molecule has 0 saturated carbocycles. The maximum Gasteiger partial charge on any atom is 0.339 e. The van der Waals surface area contributed by atoms with Gasteiger partial charge in [-0.25, -0.2) is 4.79 Å². The van der Waals surface area contributed by atoms with Crippen molar-refractivity contribution in [3.05, 3.63) is 23.8 Å². The predicted molar refractivity (Wildman–Crippen MR) is 46.0 cm³/mol. The number of cyclic esters (lactones) is 1. The lowest BCUT2D eigenvalue weighted by Gasteiger charge is -2.09. The molecule has 0 spiro atoms. The van der Waals surface area contributed by atoms with E-state index in [-0.39, 0.29) is 11.1 Å². The van der Waals surface area contributed by atoms with Crippen LogP contribution in [0.1, 0.15) is 6.92 Å². The minimum Gasteiger partial charge on any atom is -0.429 e. The van der Waals surface area contributed by atoms with Crippen LogP contribution < -0.4 is 0 Å². The van der Waals surface area contributed by atoms with Crippen LogP contribution in [0.2, 0.25) is 0 Å². The minimum absolute atomic E-state index is 0.109. The molecule has 5 nitrogen and oxygen atoms in total. The van der Waals surface area contributed by atoms with Crippen LogP contribution in [0.5, 0.6) is 0 Å². The second kappa shape index (κ2) is 3.73. The van der Waals surface area contributed by atoms with Crippen molar-refractivity contribution >= 4 is 11.8 Å². The number of Topliss-reactive ketones (excluding diaryl/α,β-unsaturated/α-hetero) is 1. The van der Waals surface area contributed by atoms with E-state index in [2.05, 4.69) is 11.3 Å². The smallest absolute Gasteiger partial charge is 0.339 e. The molecule has 14 heavy (non-hydrogen) atoms. The van der Waals surface area contributed by atoms with Crippen LogP contribution in [0.15, 0.2) is 23.8 Å². The number of rotatable bonds is 3. The lowest BCUT2D eigenvalue weighted by atomic mass is 10.0. The number of ketones is 1. The van der Waals surface area contributed by atoms with Gasteiger partial charge in [-0.2, -0.15) is 0 Å². The van der Waals surface area contributed by atoms with Crippen LogP contribution in [-0.4, -0.2) is 34.4 Å². The lowest BCUT2D eigenvalue weighted by Crippen LogP contribution is -2.21. The zero-order valence-corrected chi connectivity index (χ0v) is 7.56. The highest BCUT2D eigenvalue weighted by atomic mass is 16.6. The lowest BCUT2D eigenvalue weighted by molar-refractivity contribution is -0.151. The van der Waals surface area contributed by atoms with Crippen molar-refractivity contribution in [2.75, 3.05) is 0 Å². The number of hydrogen-bond donors (Lipinski definition) is 2. The van der Waals surface area contributed by atoms with Gasteiger partial charge in [0.1, 0.15) is 6.10 Å². The van der Waals surface area contributed by atoms with Gasteiger partial charge in [-0.15, -0.1) is 0 Å². The number of carbonyl (C=O) groups excluding carboxylic acids is 2. The van der Waals surface area contributed by atoms with Gasteiger partial charge in [-0.3, -0.25) is 4.79 Å². The molecule has 0 amide bonds. The first-order valence-corrected chi connectivity index (χ1v) is 3.92. The first-order chi connectivity index (χ1) is 6.43. The SMILES string of the molecule is C=C(C(C)=O)C(O)C1=CC(O)OC1=O. The van der Waals surface area contributed by atoms with Crippen molar-refractivity contribution in [2.24, 2.45) is 0 Å². The van der Waals surface area contributed by atoms with E-state index in [1.54, 1.807) is 0 Å². The number of carbonyl (C=O) groups is 2. The van der Waals surface area contributed by atoms with E-state index in [1.807, 2.05) is 0 Å². The molecule has 2 N–H and O–H groups in total. The normalized spacial score (nSPS) is 22.6. The standard InChI is InChI=1S/C9H10O5/c1-4(5(2)10)8(12)6-3-7(11)14-9(6)13/h3,7-8,11-12H,1H2,2H3. The highest BCUT2D eigenvalue weighted by Gasteiger charge is 2.31. The summed E-state index contributed by atoms with van der Waals surface area (Å²) in [6.45, 7) is 4.55. The van der Waals surface area contributed by atoms with Crippen LogP contribution >= 0.6 is 0 Å². The quantitative estimate of drug-likeness (QED) is 0.462. The molecule has 0 aromatic rings. The molecule has 0 aromatic carbocycles. The number of ether oxygens (including phenoxy) is 1. The minimum atomic E-state index is -1.41. The molecule has 76 valence electrons. The Morgan fingerprint density at radius 1 is 1.71 bits per heavy atom. The Balaban J connectivity index is 2.85. The maximum absolute atomic E-state index is 11.0. The van der Waals surface area contributed by atoms with Gasteiger partial charge in [0.05, 0.1) is 5.57 Å². The summed E-state index contributed by atoms with van der Waals surface area (Å²) in [5, 5.41) is 18.4. The number of hydrogen-bond acceptors (Lipinski definition) is 5. The molecule has 0 radical (unpaired) electrons. The Hall–Kier alpha value is -1.46. The van der Waals surface area contributed by atoms with Crippen LogP contribution in [0, 0.1) is 0 Å². The zero-order chi connectivity index (χ0) is 10.9. The largest absolute Gasteiger partial charge is 0.429 e. The summed E-state index contributed by atoms with van der Waals surface area (Å²) >= 11 is 0. The Morgan fingerprint density at radius 2 is 2.29 bits per heavy atom. The highest BCUT2D eigenvalue weighted by molar-refractivity contribution is 5.99. The van der Waals surface area contributed by atoms with E-state index in [4.69, 9.17) is 5.11 Å². The van der Waals surface area contributed by atoms with Crippen molar-refractivity contribution in [1.82, 2.24) is 0 Å². The molecule has 2 unspecified atom stereocenters. The van der Waals surface area contributed by atoms with Gasteiger partial charge in [0.2, 0.25) is 6.29 Å². The van der Waals surface area contributed by atoms with Crippen molar-refractivity contribution in [1.29, 1.82) is 0 Å². The molecule has 0 aliphatic carbocycles. The summed E-state index contributed by atoms with van der Waals surface area (Å²) in [5.74, 6) is -1.26. The van der Waals surface area contributed by atoms with Gasteiger partial charge in [0.15, 0.2) is 5.78 Å². The van der Waals surface area contributed by atoms with Gasteiger partial charge >= 0.3 is 5.97 Å². The third kappa shape index (κ3) is 1.89. The predicted octanol–water partition coefficient (Wildman–Crippen LogP) is -0.706. The number of esters is 1. The number of aliphatic hydroxyl groups excluding tert-OH is 2. The molecular formula is C9H10O5.